The zero-order valence-electron chi connectivity index (χ0n) is 13.1. The number of nitrogens with one attached hydrogen (secondary N) is 1. The van der Waals surface area contributed by atoms with Gasteiger partial charge >= 0.3 is 0 Å². The van der Waals surface area contributed by atoms with Gasteiger partial charge in [-0.15, -0.1) is 11.3 Å². The van der Waals surface area contributed by atoms with Crippen LogP contribution in [0.25, 0.3) is 0 Å². The van der Waals surface area contributed by atoms with Crippen LogP contribution >= 0.6 is 11.3 Å². The van der Waals surface area contributed by atoms with Crippen molar-refractivity contribution in [3.8, 4) is 0 Å². The summed E-state index contributed by atoms with van der Waals surface area (Å²) < 4.78 is 0. The SMILES string of the molecule is O=C(C(c1cccs1)N1CCc2ccccc21)N1CCNCC1. The molecule has 0 radical (unpaired) electrons. The lowest BCUT2D eigenvalue weighted by Crippen LogP contribution is -2.50. The second kappa shape index (κ2) is 6.34. The molecule has 1 N–H and O–H groups in total. The number of fused-ring (bicyclic) bond motifs is 1. The predicted molar refractivity (Wildman–Crippen MR) is 94.0 cm³/mol. The van der Waals surface area contributed by atoms with Crippen LogP contribution in [0.5, 0.6) is 0 Å². The minimum Gasteiger partial charge on any atom is -0.355 e. The van der Waals surface area contributed by atoms with Crippen molar-refractivity contribution >= 4 is 22.9 Å². The Morgan fingerprint density at radius 2 is 1.91 bits per heavy atom. The Labute approximate surface area is 140 Å². The molecule has 1 amide bonds. The summed E-state index contributed by atoms with van der Waals surface area (Å²) in [6.07, 6.45) is 1.02. The molecule has 1 atom stereocenters. The van der Waals surface area contributed by atoms with Gasteiger partial charge in [0.2, 0.25) is 0 Å². The van der Waals surface area contributed by atoms with Crippen molar-refractivity contribution in [1.29, 1.82) is 0 Å². The lowest BCUT2D eigenvalue weighted by Gasteiger charge is -2.35. The fourth-order valence-electron chi connectivity index (χ4n) is 3.55. The third-order valence-corrected chi connectivity index (χ3v) is 5.63. The third-order valence-electron chi connectivity index (χ3n) is 4.71. The zero-order chi connectivity index (χ0) is 15.6. The number of para-hydroxylation sites is 1. The maximum absolute atomic E-state index is 13.3. The standard InChI is InChI=1S/C18H21N3OS/c22-18(20-11-8-19-9-12-20)17(16-6-3-13-23-16)21-10-7-14-4-1-2-5-15(14)21/h1-6,13,17,19H,7-12H2. The maximum atomic E-state index is 13.3. The number of anilines is 1. The quantitative estimate of drug-likeness (QED) is 0.939. The maximum Gasteiger partial charge on any atom is 0.250 e. The molecule has 0 aliphatic carbocycles. The fraction of sp³-hybridized carbons (Fsp3) is 0.389. The number of carbonyl (C=O) groups excluding carboxylic acids is 1. The number of piperazine rings is 1. The van der Waals surface area contributed by atoms with Gasteiger partial charge < -0.3 is 15.1 Å². The van der Waals surface area contributed by atoms with Crippen molar-refractivity contribution in [2.24, 2.45) is 0 Å². The molecule has 1 unspecified atom stereocenters. The first-order chi connectivity index (χ1) is 11.3. The Balaban J connectivity index is 1.68. The van der Waals surface area contributed by atoms with Crippen LogP contribution in [0.3, 0.4) is 0 Å². The Hall–Kier alpha value is -1.85. The minimum absolute atomic E-state index is 0.184. The highest BCUT2D eigenvalue weighted by Gasteiger charge is 2.35. The minimum atomic E-state index is -0.184. The van der Waals surface area contributed by atoms with Crippen molar-refractivity contribution in [1.82, 2.24) is 10.2 Å². The van der Waals surface area contributed by atoms with Crippen molar-refractivity contribution < 1.29 is 4.79 Å². The summed E-state index contributed by atoms with van der Waals surface area (Å²) in [5, 5.41) is 5.39. The number of nitrogens with zero attached hydrogens (tertiary/aromatic N) is 2. The van der Waals surface area contributed by atoms with Gasteiger partial charge in [-0.2, -0.15) is 0 Å². The molecule has 1 aromatic heterocycles. The molecule has 3 heterocycles. The van der Waals surface area contributed by atoms with Crippen LogP contribution in [0.4, 0.5) is 5.69 Å². The second-order valence-corrected chi connectivity index (χ2v) is 7.04. The van der Waals surface area contributed by atoms with Gasteiger partial charge in [-0.1, -0.05) is 24.3 Å². The van der Waals surface area contributed by atoms with E-state index in [1.165, 1.54) is 11.3 Å². The lowest BCUT2D eigenvalue weighted by molar-refractivity contribution is -0.133. The molecule has 2 aliphatic rings. The molecule has 0 saturated carbocycles. The van der Waals surface area contributed by atoms with Gasteiger partial charge in [0.25, 0.3) is 5.91 Å². The summed E-state index contributed by atoms with van der Waals surface area (Å²) in [6.45, 7) is 4.30. The Morgan fingerprint density at radius 3 is 2.70 bits per heavy atom. The van der Waals surface area contributed by atoms with Gasteiger partial charge in [-0.25, -0.2) is 0 Å². The van der Waals surface area contributed by atoms with Gasteiger partial charge in [0, 0.05) is 43.3 Å². The van der Waals surface area contributed by atoms with E-state index in [-0.39, 0.29) is 11.9 Å². The number of rotatable bonds is 3. The van der Waals surface area contributed by atoms with E-state index in [9.17, 15) is 4.79 Å². The van der Waals surface area contributed by atoms with Crippen molar-refractivity contribution in [3.63, 3.8) is 0 Å². The Kier molecular flexibility index (Phi) is 4.06. The molecule has 4 rings (SSSR count). The van der Waals surface area contributed by atoms with E-state index in [0.717, 1.165) is 44.0 Å². The number of hydrogen-bond donors (Lipinski definition) is 1. The summed E-state index contributed by atoms with van der Waals surface area (Å²) in [7, 11) is 0. The highest BCUT2D eigenvalue weighted by Crippen LogP contribution is 2.37. The zero-order valence-corrected chi connectivity index (χ0v) is 13.9. The average Bonchev–Trinajstić information content (AvgIpc) is 3.27. The number of benzene rings is 1. The van der Waals surface area contributed by atoms with E-state index in [2.05, 4.69) is 45.9 Å². The summed E-state index contributed by atoms with van der Waals surface area (Å²) in [5.41, 5.74) is 2.57. The molecule has 0 spiro atoms. The molecule has 1 saturated heterocycles. The molecule has 5 heteroatoms. The normalized spacial score (nSPS) is 18.8. The molecule has 1 fully saturated rings. The van der Waals surface area contributed by atoms with Crippen molar-refractivity contribution in [3.05, 3.63) is 52.2 Å². The lowest BCUT2D eigenvalue weighted by atomic mass is 10.1. The largest absolute Gasteiger partial charge is 0.355 e. The summed E-state index contributed by atoms with van der Waals surface area (Å²) in [4.78, 5) is 18.7. The van der Waals surface area contributed by atoms with Crippen LogP contribution in [0.15, 0.2) is 41.8 Å². The Bertz CT molecular complexity index is 679. The van der Waals surface area contributed by atoms with E-state index in [4.69, 9.17) is 0 Å². The number of carbonyl (C=O) groups is 1. The molecule has 2 aromatic rings. The van der Waals surface area contributed by atoms with E-state index in [0.29, 0.717) is 0 Å². The van der Waals surface area contributed by atoms with Crippen LogP contribution in [0.1, 0.15) is 16.5 Å². The van der Waals surface area contributed by atoms with Crippen molar-refractivity contribution in [2.75, 3.05) is 37.6 Å². The van der Waals surface area contributed by atoms with Gasteiger partial charge in [-0.3, -0.25) is 4.79 Å². The van der Waals surface area contributed by atoms with Crippen LogP contribution < -0.4 is 10.2 Å². The highest BCUT2D eigenvalue weighted by molar-refractivity contribution is 7.10. The summed E-state index contributed by atoms with van der Waals surface area (Å²) in [5.74, 6) is 0.241. The third kappa shape index (κ3) is 2.75. The summed E-state index contributed by atoms with van der Waals surface area (Å²) in [6, 6.07) is 12.4. The number of hydrogen-bond acceptors (Lipinski definition) is 4. The van der Waals surface area contributed by atoms with Crippen LogP contribution in [0.2, 0.25) is 0 Å². The second-order valence-electron chi connectivity index (χ2n) is 6.07. The highest BCUT2D eigenvalue weighted by atomic mass is 32.1. The topological polar surface area (TPSA) is 35.6 Å². The Morgan fingerprint density at radius 1 is 1.09 bits per heavy atom. The van der Waals surface area contributed by atoms with E-state index < -0.39 is 0 Å². The molecular weight excluding hydrogens is 306 g/mol. The van der Waals surface area contributed by atoms with Gasteiger partial charge in [0.1, 0.15) is 6.04 Å². The molecular formula is C18H21N3OS. The summed E-state index contributed by atoms with van der Waals surface area (Å²) >= 11 is 1.68. The number of thiophene rings is 1. The van der Waals surface area contributed by atoms with Gasteiger partial charge in [-0.05, 0) is 29.5 Å². The molecule has 4 nitrogen and oxygen atoms in total. The average molecular weight is 327 g/mol. The fourth-order valence-corrected chi connectivity index (χ4v) is 4.37. The monoisotopic (exact) mass is 327 g/mol. The molecule has 2 aliphatic heterocycles. The van der Waals surface area contributed by atoms with Crippen LogP contribution in [-0.4, -0.2) is 43.5 Å². The van der Waals surface area contributed by atoms with Gasteiger partial charge in [0.05, 0.1) is 0 Å². The van der Waals surface area contributed by atoms with E-state index in [1.54, 1.807) is 11.3 Å². The van der Waals surface area contributed by atoms with Crippen molar-refractivity contribution in [2.45, 2.75) is 12.5 Å². The van der Waals surface area contributed by atoms with Crippen LogP contribution in [-0.2, 0) is 11.2 Å². The van der Waals surface area contributed by atoms with E-state index >= 15 is 0 Å². The molecule has 120 valence electrons. The van der Waals surface area contributed by atoms with E-state index in [1.807, 2.05) is 11.0 Å². The van der Waals surface area contributed by atoms with Crippen LogP contribution in [0, 0.1) is 0 Å². The first-order valence-corrected chi connectivity index (χ1v) is 9.10. The van der Waals surface area contributed by atoms with Gasteiger partial charge in [0.15, 0.2) is 0 Å². The molecule has 0 bridgehead atoms. The first-order valence-electron chi connectivity index (χ1n) is 8.22. The first kappa shape index (κ1) is 14.7. The molecule has 1 aromatic carbocycles. The number of amides is 1. The molecule has 23 heavy (non-hydrogen) atoms. The predicted octanol–water partition coefficient (Wildman–Crippen LogP) is 2.28. The smallest absolute Gasteiger partial charge is 0.250 e.